The van der Waals surface area contributed by atoms with Crippen molar-refractivity contribution in [3.8, 4) is 0 Å². The van der Waals surface area contributed by atoms with Crippen molar-refractivity contribution < 1.29 is 4.79 Å². The first-order chi connectivity index (χ1) is 7.20. The summed E-state index contributed by atoms with van der Waals surface area (Å²) in [5.74, 6) is -0.230. The van der Waals surface area contributed by atoms with Crippen LogP contribution in [0.5, 0.6) is 0 Å². The highest BCUT2D eigenvalue weighted by Crippen LogP contribution is 2.21. The largest absolute Gasteiger partial charge is 0.370 e. The zero-order chi connectivity index (χ0) is 11.1. The van der Waals surface area contributed by atoms with Crippen molar-refractivity contribution in [2.24, 2.45) is 5.73 Å². The summed E-state index contributed by atoms with van der Waals surface area (Å²) in [4.78, 5) is 12.9. The number of hydrogen-bond acceptors (Lipinski definition) is 3. The SMILES string of the molecule is CN(CCNCCC(N)=O)C1CCCC1. The Morgan fingerprint density at radius 1 is 1.40 bits per heavy atom. The highest BCUT2D eigenvalue weighted by molar-refractivity contribution is 5.73. The van der Waals surface area contributed by atoms with Crippen LogP contribution in [0.2, 0.25) is 0 Å². The number of carbonyl (C=O) groups is 1. The highest BCUT2D eigenvalue weighted by atomic mass is 16.1. The fraction of sp³-hybridized carbons (Fsp3) is 0.909. The van der Waals surface area contributed by atoms with E-state index in [0.717, 1.165) is 19.1 Å². The van der Waals surface area contributed by atoms with Crippen molar-refractivity contribution in [1.29, 1.82) is 0 Å². The number of nitrogens with zero attached hydrogens (tertiary/aromatic N) is 1. The number of nitrogens with one attached hydrogen (secondary N) is 1. The van der Waals surface area contributed by atoms with Gasteiger partial charge in [-0.25, -0.2) is 0 Å². The molecule has 0 bridgehead atoms. The van der Waals surface area contributed by atoms with Crippen LogP contribution in [0.25, 0.3) is 0 Å². The Morgan fingerprint density at radius 2 is 2.07 bits per heavy atom. The molecule has 3 N–H and O–H groups in total. The van der Waals surface area contributed by atoms with Gasteiger partial charge in [0.05, 0.1) is 0 Å². The Labute approximate surface area is 92.2 Å². The van der Waals surface area contributed by atoms with Crippen molar-refractivity contribution in [1.82, 2.24) is 10.2 Å². The molecule has 0 aromatic carbocycles. The standard InChI is InChI=1S/C11H23N3O/c1-14(10-4-2-3-5-10)9-8-13-7-6-11(12)15/h10,13H,2-9H2,1H3,(H2,12,15). The van der Waals surface area contributed by atoms with Crippen LogP contribution in [0.3, 0.4) is 0 Å². The van der Waals surface area contributed by atoms with Gasteiger partial charge in [0, 0.05) is 32.1 Å². The quantitative estimate of drug-likeness (QED) is 0.599. The van der Waals surface area contributed by atoms with E-state index in [-0.39, 0.29) is 5.91 Å². The fourth-order valence-corrected chi connectivity index (χ4v) is 2.12. The van der Waals surface area contributed by atoms with Gasteiger partial charge in [0.25, 0.3) is 0 Å². The van der Waals surface area contributed by atoms with Crippen LogP contribution in [0, 0.1) is 0 Å². The number of primary amides is 1. The molecule has 1 aliphatic carbocycles. The number of amides is 1. The molecule has 0 aromatic heterocycles. The van der Waals surface area contributed by atoms with Crippen molar-refractivity contribution in [2.45, 2.75) is 38.1 Å². The lowest BCUT2D eigenvalue weighted by atomic mass is 10.2. The van der Waals surface area contributed by atoms with Crippen molar-refractivity contribution in [3.05, 3.63) is 0 Å². The molecule has 0 heterocycles. The van der Waals surface area contributed by atoms with Crippen molar-refractivity contribution >= 4 is 5.91 Å². The van der Waals surface area contributed by atoms with Crippen LogP contribution in [-0.2, 0) is 4.79 Å². The van der Waals surface area contributed by atoms with Gasteiger partial charge in [-0.2, -0.15) is 0 Å². The van der Waals surface area contributed by atoms with Gasteiger partial charge in [-0.05, 0) is 19.9 Å². The Balaban J connectivity index is 1.96. The Morgan fingerprint density at radius 3 is 2.67 bits per heavy atom. The van der Waals surface area contributed by atoms with Crippen LogP contribution in [0.1, 0.15) is 32.1 Å². The van der Waals surface area contributed by atoms with Crippen molar-refractivity contribution in [2.75, 3.05) is 26.7 Å². The minimum Gasteiger partial charge on any atom is -0.370 e. The Bertz CT molecular complexity index is 190. The molecular weight excluding hydrogens is 190 g/mol. The Kier molecular flexibility index (Phi) is 5.65. The number of nitrogens with two attached hydrogens (primary N) is 1. The molecule has 4 nitrogen and oxygen atoms in total. The van der Waals surface area contributed by atoms with Gasteiger partial charge >= 0.3 is 0 Å². The molecule has 0 spiro atoms. The molecule has 0 atom stereocenters. The summed E-state index contributed by atoms with van der Waals surface area (Å²) in [5, 5.41) is 3.23. The van der Waals surface area contributed by atoms with Gasteiger partial charge in [0.15, 0.2) is 0 Å². The molecule has 15 heavy (non-hydrogen) atoms. The third kappa shape index (κ3) is 5.14. The second-order valence-electron chi connectivity index (χ2n) is 4.39. The van der Waals surface area contributed by atoms with Crippen molar-refractivity contribution in [3.63, 3.8) is 0 Å². The molecule has 1 amide bonds. The molecule has 1 aliphatic rings. The molecule has 0 aliphatic heterocycles. The van der Waals surface area contributed by atoms with E-state index < -0.39 is 0 Å². The van der Waals surface area contributed by atoms with Crippen LogP contribution in [-0.4, -0.2) is 43.5 Å². The second-order valence-corrected chi connectivity index (χ2v) is 4.39. The van der Waals surface area contributed by atoms with Crippen LogP contribution in [0.4, 0.5) is 0 Å². The van der Waals surface area contributed by atoms with Crippen LogP contribution < -0.4 is 11.1 Å². The lowest BCUT2D eigenvalue weighted by Crippen LogP contribution is -2.36. The van der Waals surface area contributed by atoms with Gasteiger partial charge in [0.1, 0.15) is 0 Å². The lowest BCUT2D eigenvalue weighted by Gasteiger charge is -2.23. The zero-order valence-corrected chi connectivity index (χ0v) is 9.67. The van der Waals surface area contributed by atoms with E-state index >= 15 is 0 Å². The average molecular weight is 213 g/mol. The molecule has 0 saturated heterocycles. The van der Waals surface area contributed by atoms with Gasteiger partial charge in [-0.3, -0.25) is 4.79 Å². The van der Waals surface area contributed by atoms with Gasteiger partial charge in [-0.1, -0.05) is 12.8 Å². The van der Waals surface area contributed by atoms with E-state index in [9.17, 15) is 4.79 Å². The van der Waals surface area contributed by atoms with E-state index in [1.807, 2.05) is 0 Å². The highest BCUT2D eigenvalue weighted by Gasteiger charge is 2.18. The summed E-state index contributed by atoms with van der Waals surface area (Å²) >= 11 is 0. The molecule has 0 aromatic rings. The number of carbonyl (C=O) groups excluding carboxylic acids is 1. The normalized spacial score (nSPS) is 17.5. The van der Waals surface area contributed by atoms with Gasteiger partial charge in [0.2, 0.25) is 5.91 Å². The summed E-state index contributed by atoms with van der Waals surface area (Å²) in [7, 11) is 2.19. The van der Waals surface area contributed by atoms with E-state index in [1.165, 1.54) is 25.7 Å². The topological polar surface area (TPSA) is 58.4 Å². The summed E-state index contributed by atoms with van der Waals surface area (Å²) in [5.41, 5.74) is 5.04. The second kappa shape index (κ2) is 6.80. The van der Waals surface area contributed by atoms with Crippen LogP contribution in [0.15, 0.2) is 0 Å². The minimum atomic E-state index is -0.230. The van der Waals surface area contributed by atoms with Gasteiger partial charge < -0.3 is 16.0 Å². The number of likely N-dealkylation sites (N-methyl/N-ethyl adjacent to an activating group) is 1. The molecule has 0 radical (unpaired) electrons. The number of hydrogen-bond donors (Lipinski definition) is 2. The first-order valence-corrected chi connectivity index (χ1v) is 5.89. The zero-order valence-electron chi connectivity index (χ0n) is 9.67. The minimum absolute atomic E-state index is 0.230. The van der Waals surface area contributed by atoms with E-state index in [0.29, 0.717) is 13.0 Å². The smallest absolute Gasteiger partial charge is 0.218 e. The third-order valence-electron chi connectivity index (χ3n) is 3.14. The number of rotatable bonds is 7. The van der Waals surface area contributed by atoms with E-state index in [2.05, 4.69) is 17.3 Å². The molecule has 4 heteroatoms. The predicted octanol–water partition coefficient (Wildman–Crippen LogP) is 0.326. The monoisotopic (exact) mass is 213 g/mol. The first-order valence-electron chi connectivity index (χ1n) is 5.89. The maximum absolute atomic E-state index is 10.5. The van der Waals surface area contributed by atoms with E-state index in [1.54, 1.807) is 0 Å². The third-order valence-corrected chi connectivity index (χ3v) is 3.14. The van der Waals surface area contributed by atoms with Crippen LogP contribution >= 0.6 is 0 Å². The molecular formula is C11H23N3O. The molecule has 0 unspecified atom stereocenters. The summed E-state index contributed by atoms with van der Waals surface area (Å²) < 4.78 is 0. The fourth-order valence-electron chi connectivity index (χ4n) is 2.12. The van der Waals surface area contributed by atoms with Gasteiger partial charge in [-0.15, -0.1) is 0 Å². The maximum atomic E-state index is 10.5. The summed E-state index contributed by atoms with van der Waals surface area (Å²) in [6.07, 6.45) is 5.89. The lowest BCUT2D eigenvalue weighted by molar-refractivity contribution is -0.117. The molecule has 1 rings (SSSR count). The molecule has 88 valence electrons. The summed E-state index contributed by atoms with van der Waals surface area (Å²) in [6, 6.07) is 0.781. The first kappa shape index (κ1) is 12.5. The predicted molar refractivity (Wildman–Crippen MR) is 61.6 cm³/mol. The summed E-state index contributed by atoms with van der Waals surface area (Å²) in [6.45, 7) is 2.71. The molecule has 1 fully saturated rings. The molecule has 1 saturated carbocycles. The van der Waals surface area contributed by atoms with E-state index in [4.69, 9.17) is 5.73 Å². The maximum Gasteiger partial charge on any atom is 0.218 e. The average Bonchev–Trinajstić information content (AvgIpc) is 2.69. The Hall–Kier alpha value is -0.610.